The van der Waals surface area contributed by atoms with Crippen LogP contribution < -0.4 is 20.9 Å². The molecule has 1 amide bonds. The Morgan fingerprint density at radius 1 is 0.649 bits per heavy atom. The van der Waals surface area contributed by atoms with Crippen molar-refractivity contribution in [2.75, 3.05) is 0 Å². The Morgan fingerprint density at radius 2 is 1.08 bits per heavy atom. The second kappa shape index (κ2) is 11.9. The Balaban J connectivity index is 1.66. The summed E-state index contributed by atoms with van der Waals surface area (Å²) < 4.78 is 7.19. The number of benzene rings is 4. The third kappa shape index (κ3) is 5.76. The van der Waals surface area contributed by atoms with E-state index in [1.807, 2.05) is 54.6 Å². The third-order valence-electron chi connectivity index (χ3n) is 7.07. The minimum absolute atomic E-state index is 0.143. The van der Waals surface area contributed by atoms with Crippen molar-refractivity contribution >= 4 is 35.9 Å². The van der Waals surface area contributed by atoms with Crippen LogP contribution >= 0.6 is 0 Å². The summed E-state index contributed by atoms with van der Waals surface area (Å²) in [7, 11) is -3.10. The van der Waals surface area contributed by atoms with Crippen LogP contribution in [0.15, 0.2) is 127 Å². The lowest BCUT2D eigenvalue weighted by Gasteiger charge is -2.34. The van der Waals surface area contributed by atoms with Crippen LogP contribution in [0.4, 0.5) is 0 Å². The fourth-order valence-corrected chi connectivity index (χ4v) is 9.03. The van der Waals surface area contributed by atoms with Crippen molar-refractivity contribution < 1.29 is 9.22 Å². The summed E-state index contributed by atoms with van der Waals surface area (Å²) >= 11 is 0. The van der Waals surface area contributed by atoms with Crippen LogP contribution in [0.5, 0.6) is 0 Å². The Labute approximate surface area is 221 Å². The second-order valence-corrected chi connectivity index (χ2v) is 12.9. The molecule has 1 fully saturated rings. The van der Waals surface area contributed by atoms with E-state index >= 15 is 0 Å². The molecule has 5 rings (SSSR count). The highest BCUT2D eigenvalue weighted by Gasteiger charge is 2.45. The zero-order valence-electron chi connectivity index (χ0n) is 21.1. The van der Waals surface area contributed by atoms with Crippen molar-refractivity contribution in [1.82, 2.24) is 5.32 Å². The Kier molecular flexibility index (Phi) is 7.97. The first-order chi connectivity index (χ1) is 18.3. The third-order valence-corrected chi connectivity index (χ3v) is 11.0. The summed E-state index contributed by atoms with van der Waals surface area (Å²) in [5.74, 6) is 0.218. The molecule has 0 radical (unpaired) electrons. The molecule has 4 aromatic carbocycles. The fraction of sp³-hybridized carbons (Fsp3) is 0.182. The normalized spacial score (nSPS) is 14.6. The zero-order chi connectivity index (χ0) is 25.3. The van der Waals surface area contributed by atoms with Crippen LogP contribution in [0.2, 0.25) is 0 Å². The predicted molar refractivity (Wildman–Crippen MR) is 155 cm³/mol. The Morgan fingerprint density at radius 3 is 1.54 bits per heavy atom. The van der Waals surface area contributed by atoms with Gasteiger partial charge < -0.3 is 9.74 Å². The molecule has 0 aromatic heterocycles. The summed E-state index contributed by atoms with van der Waals surface area (Å²) in [6.07, 6.45) is 7.48. The number of nitrogens with one attached hydrogen (secondary N) is 1. The van der Waals surface area contributed by atoms with E-state index in [4.69, 9.17) is 4.43 Å². The highest BCUT2D eigenvalue weighted by molar-refractivity contribution is 7.07. The first kappa shape index (κ1) is 24.8. The molecule has 4 heteroatoms. The van der Waals surface area contributed by atoms with Gasteiger partial charge in [-0.2, -0.15) is 0 Å². The van der Waals surface area contributed by atoms with Gasteiger partial charge in [0.1, 0.15) is 0 Å². The molecule has 186 valence electrons. The minimum atomic E-state index is -3.10. The van der Waals surface area contributed by atoms with Gasteiger partial charge in [0.05, 0.1) is 0 Å². The van der Waals surface area contributed by atoms with E-state index in [1.165, 1.54) is 6.42 Å². The van der Waals surface area contributed by atoms with Crippen LogP contribution in [0.25, 0.3) is 6.08 Å². The molecule has 0 saturated heterocycles. The quantitative estimate of drug-likeness (QED) is 0.156. The van der Waals surface area contributed by atoms with Gasteiger partial charge in [-0.25, -0.2) is 0 Å². The maximum Gasteiger partial charge on any atom is 0.347 e. The second-order valence-electron chi connectivity index (χ2n) is 9.61. The van der Waals surface area contributed by atoms with E-state index in [2.05, 4.69) is 78.1 Å². The van der Waals surface area contributed by atoms with Gasteiger partial charge >= 0.3 is 8.32 Å². The van der Waals surface area contributed by atoms with Gasteiger partial charge in [0.15, 0.2) is 5.76 Å². The molecule has 1 aliphatic rings. The van der Waals surface area contributed by atoms with E-state index < -0.39 is 8.32 Å². The van der Waals surface area contributed by atoms with Gasteiger partial charge in [0.2, 0.25) is 0 Å². The van der Waals surface area contributed by atoms with Crippen LogP contribution in [0.1, 0.15) is 37.7 Å². The number of hydrogen-bond acceptors (Lipinski definition) is 2. The average molecular weight is 504 g/mol. The summed E-state index contributed by atoms with van der Waals surface area (Å²) in [6, 6.07) is 41.3. The van der Waals surface area contributed by atoms with E-state index in [0.29, 0.717) is 5.76 Å². The average Bonchev–Trinajstić information content (AvgIpc) is 2.98. The van der Waals surface area contributed by atoms with Crippen molar-refractivity contribution in [2.24, 2.45) is 0 Å². The molecule has 0 bridgehead atoms. The fourth-order valence-electron chi connectivity index (χ4n) is 5.21. The van der Waals surface area contributed by atoms with Crippen LogP contribution in [-0.2, 0) is 9.22 Å². The number of carbonyl (C=O) groups excluding carboxylic acids is 1. The summed E-state index contributed by atoms with van der Waals surface area (Å²) in [4.78, 5) is 13.9. The lowest BCUT2D eigenvalue weighted by Crippen LogP contribution is -2.69. The molecule has 0 spiro atoms. The van der Waals surface area contributed by atoms with Crippen molar-refractivity contribution in [2.45, 2.75) is 38.1 Å². The molecule has 3 nitrogen and oxygen atoms in total. The number of rotatable bonds is 8. The van der Waals surface area contributed by atoms with Crippen molar-refractivity contribution in [1.29, 1.82) is 0 Å². The summed E-state index contributed by atoms with van der Waals surface area (Å²) in [5.41, 5.74) is 0.938. The molecule has 0 atom stereocenters. The maximum absolute atomic E-state index is 13.9. The molecule has 1 N–H and O–H groups in total. The molecule has 1 saturated carbocycles. The topological polar surface area (TPSA) is 38.3 Å². The lowest BCUT2D eigenvalue weighted by molar-refractivity contribution is -0.120. The molecular weight excluding hydrogens is 470 g/mol. The molecular formula is C33H33NO2Si. The number of hydrogen-bond donors (Lipinski definition) is 1. The van der Waals surface area contributed by atoms with Crippen LogP contribution in [0, 0.1) is 0 Å². The molecule has 37 heavy (non-hydrogen) atoms. The summed E-state index contributed by atoms with van der Waals surface area (Å²) in [5, 5.41) is 6.59. The van der Waals surface area contributed by atoms with Crippen molar-refractivity contribution in [3.63, 3.8) is 0 Å². The maximum atomic E-state index is 13.9. The summed E-state index contributed by atoms with van der Waals surface area (Å²) in [6.45, 7) is 0. The number of amides is 1. The molecule has 0 heterocycles. The van der Waals surface area contributed by atoms with Gasteiger partial charge in [-0.1, -0.05) is 141 Å². The molecule has 1 aliphatic carbocycles. The molecule has 0 aliphatic heterocycles. The van der Waals surface area contributed by atoms with E-state index in [1.54, 1.807) is 0 Å². The van der Waals surface area contributed by atoms with E-state index in [0.717, 1.165) is 46.8 Å². The van der Waals surface area contributed by atoms with Crippen LogP contribution in [0.3, 0.4) is 0 Å². The first-order valence-electron chi connectivity index (χ1n) is 13.2. The van der Waals surface area contributed by atoms with Gasteiger partial charge in [-0.05, 0) is 40.0 Å². The minimum Gasteiger partial charge on any atom is -0.527 e. The van der Waals surface area contributed by atoms with Gasteiger partial charge in [0, 0.05) is 6.04 Å². The smallest absolute Gasteiger partial charge is 0.347 e. The first-order valence-corrected chi connectivity index (χ1v) is 15.1. The van der Waals surface area contributed by atoms with E-state index in [9.17, 15) is 4.79 Å². The monoisotopic (exact) mass is 503 g/mol. The van der Waals surface area contributed by atoms with Crippen LogP contribution in [-0.4, -0.2) is 20.3 Å². The molecule has 4 aromatic rings. The zero-order valence-corrected chi connectivity index (χ0v) is 22.1. The van der Waals surface area contributed by atoms with Crippen molar-refractivity contribution in [3.05, 3.63) is 133 Å². The van der Waals surface area contributed by atoms with Gasteiger partial charge in [0.25, 0.3) is 5.91 Å². The lowest BCUT2D eigenvalue weighted by atomic mass is 9.95. The predicted octanol–water partition coefficient (Wildman–Crippen LogP) is 5.16. The largest absolute Gasteiger partial charge is 0.527 e. The van der Waals surface area contributed by atoms with Gasteiger partial charge in [-0.3, -0.25) is 4.79 Å². The highest BCUT2D eigenvalue weighted by Crippen LogP contribution is 2.21. The Hall–Kier alpha value is -3.89. The molecule has 0 unspecified atom stereocenters. The van der Waals surface area contributed by atoms with Gasteiger partial charge in [-0.15, -0.1) is 0 Å². The SMILES string of the molecule is O=C(NC1CCCCC1)/C(=C/c1ccccc1)O[Si](c1ccccc1)(c1ccccc1)c1ccccc1. The number of carbonyl (C=O) groups is 1. The standard InChI is InChI=1S/C33H33NO2Si/c35-33(34-28-18-8-2-9-19-28)32(26-27-16-6-1-7-17-27)36-37(29-20-10-3-11-21-29,30-22-12-4-13-23-30)31-24-14-5-15-25-31/h1,3-7,10-17,20-26,28H,2,8-9,18-19H2,(H,34,35)/b32-26-. The Bertz CT molecular complexity index is 1210. The van der Waals surface area contributed by atoms with E-state index in [-0.39, 0.29) is 11.9 Å². The highest BCUT2D eigenvalue weighted by atomic mass is 28.4. The van der Waals surface area contributed by atoms with Crippen molar-refractivity contribution in [3.8, 4) is 0 Å².